The molecule has 0 unspecified atom stereocenters. The van der Waals surface area contributed by atoms with Gasteiger partial charge in [0.1, 0.15) is 0 Å². The highest BCUT2D eigenvalue weighted by Gasteiger charge is 2.29. The molecule has 3 aromatic rings. The summed E-state index contributed by atoms with van der Waals surface area (Å²) in [6.07, 6.45) is 4.33. The highest BCUT2D eigenvalue weighted by atomic mass is 35.5. The van der Waals surface area contributed by atoms with Gasteiger partial charge in [0, 0.05) is 36.8 Å². The van der Waals surface area contributed by atoms with E-state index in [9.17, 15) is 8.42 Å². The average molecular weight is 469 g/mol. The van der Waals surface area contributed by atoms with Crippen molar-refractivity contribution in [3.8, 4) is 11.3 Å². The lowest BCUT2D eigenvalue weighted by atomic mass is 9.92. The van der Waals surface area contributed by atoms with Gasteiger partial charge in [0.05, 0.1) is 10.6 Å². The highest BCUT2D eigenvalue weighted by Crippen LogP contribution is 2.27. The normalized spacial score (nSPS) is 17.2. The van der Waals surface area contributed by atoms with E-state index in [-0.39, 0.29) is 0 Å². The summed E-state index contributed by atoms with van der Waals surface area (Å²) in [6.45, 7) is 2.03. The number of nitrogens with zero attached hydrogens (tertiary/aromatic N) is 4. The Hall–Kier alpha value is -2.48. The molecule has 1 aromatic heterocycles. The zero-order valence-electron chi connectivity index (χ0n) is 17.7. The first-order valence-corrected chi connectivity index (χ1v) is 12.8. The number of sulfonamides is 1. The molecule has 0 radical (unpaired) electrons. The van der Waals surface area contributed by atoms with Crippen molar-refractivity contribution in [2.45, 2.75) is 30.6 Å². The monoisotopic (exact) mass is 468 g/mol. The van der Waals surface area contributed by atoms with Crippen LogP contribution in [0.15, 0.2) is 59.5 Å². The Morgan fingerprint density at radius 2 is 1.50 bits per heavy atom. The lowest BCUT2D eigenvalue weighted by molar-refractivity contribution is 0.383. The predicted molar refractivity (Wildman–Crippen MR) is 127 cm³/mol. The molecule has 8 heteroatoms. The molecule has 166 valence electrons. The Kier molecular flexibility index (Phi) is 5.88. The van der Waals surface area contributed by atoms with E-state index < -0.39 is 10.0 Å². The summed E-state index contributed by atoms with van der Waals surface area (Å²) >= 11 is 5.95. The largest absolute Gasteiger partial charge is 0.352 e. The average Bonchev–Trinajstić information content (AvgIpc) is 2.84. The number of hydrogen-bond acceptors (Lipinski definition) is 5. The molecule has 0 bridgehead atoms. The number of fused-ring (bicyclic) bond motifs is 1. The first-order valence-electron chi connectivity index (χ1n) is 11.0. The van der Waals surface area contributed by atoms with E-state index in [1.165, 1.54) is 17.5 Å². The molecule has 0 atom stereocenters. The van der Waals surface area contributed by atoms with Crippen LogP contribution in [0, 0.1) is 0 Å². The van der Waals surface area contributed by atoms with E-state index in [1.807, 2.05) is 48.5 Å². The zero-order valence-corrected chi connectivity index (χ0v) is 19.3. The van der Waals surface area contributed by atoms with E-state index in [4.69, 9.17) is 11.6 Å². The minimum absolute atomic E-state index is 0.415. The lowest BCUT2D eigenvalue weighted by Crippen LogP contribution is -2.49. The summed E-state index contributed by atoms with van der Waals surface area (Å²) in [5, 5.41) is 9.40. The van der Waals surface area contributed by atoms with Gasteiger partial charge in [0.25, 0.3) is 0 Å². The van der Waals surface area contributed by atoms with Crippen LogP contribution in [0.5, 0.6) is 0 Å². The first kappa shape index (κ1) is 21.4. The Bertz CT molecular complexity index is 1210. The van der Waals surface area contributed by atoms with E-state index in [1.54, 1.807) is 10.4 Å². The number of halogens is 1. The van der Waals surface area contributed by atoms with Gasteiger partial charge in [-0.1, -0.05) is 29.8 Å². The van der Waals surface area contributed by atoms with Crippen LogP contribution < -0.4 is 4.90 Å². The van der Waals surface area contributed by atoms with Crippen LogP contribution in [0.3, 0.4) is 0 Å². The number of rotatable bonds is 4. The molecule has 2 heterocycles. The van der Waals surface area contributed by atoms with Crippen LogP contribution in [0.2, 0.25) is 5.02 Å². The molecule has 1 saturated heterocycles. The van der Waals surface area contributed by atoms with E-state index in [0.717, 1.165) is 36.3 Å². The van der Waals surface area contributed by atoms with Crippen LogP contribution in [0.4, 0.5) is 5.82 Å². The lowest BCUT2D eigenvalue weighted by Gasteiger charge is -2.34. The molecular weight excluding hydrogens is 444 g/mol. The molecule has 1 aliphatic carbocycles. The van der Waals surface area contributed by atoms with Gasteiger partial charge in [-0.3, -0.25) is 0 Å². The third-order valence-corrected chi connectivity index (χ3v) is 8.46. The summed E-state index contributed by atoms with van der Waals surface area (Å²) in [6, 6.07) is 17.0. The second-order valence-electron chi connectivity index (χ2n) is 8.31. The maximum absolute atomic E-state index is 13.2. The predicted octanol–water partition coefficient (Wildman–Crippen LogP) is 4.19. The minimum atomic E-state index is -3.49. The van der Waals surface area contributed by atoms with Crippen LogP contribution in [-0.4, -0.2) is 49.1 Å². The Morgan fingerprint density at radius 1 is 0.781 bits per heavy atom. The third kappa shape index (κ3) is 4.25. The highest BCUT2D eigenvalue weighted by molar-refractivity contribution is 7.89. The molecule has 1 aliphatic heterocycles. The van der Waals surface area contributed by atoms with Gasteiger partial charge in [-0.05, 0) is 73.2 Å². The standard InChI is InChI=1S/C24H25ClN4O2S/c25-21-8-5-19(6-9-21)23-11-12-24(27-26-23)28-13-15-29(16-14-28)32(30,31)22-10-7-18-3-1-2-4-20(18)17-22/h5-12,17H,1-4,13-16H2. The van der Waals surface area contributed by atoms with Crippen molar-refractivity contribution in [3.63, 3.8) is 0 Å². The molecule has 6 nitrogen and oxygen atoms in total. The Labute approximate surface area is 193 Å². The number of anilines is 1. The maximum Gasteiger partial charge on any atom is 0.243 e. The van der Waals surface area contributed by atoms with Crippen molar-refractivity contribution in [1.82, 2.24) is 14.5 Å². The van der Waals surface area contributed by atoms with Gasteiger partial charge >= 0.3 is 0 Å². The quantitative estimate of drug-likeness (QED) is 0.574. The van der Waals surface area contributed by atoms with Crippen LogP contribution >= 0.6 is 11.6 Å². The zero-order chi connectivity index (χ0) is 22.1. The second-order valence-corrected chi connectivity index (χ2v) is 10.7. The SMILES string of the molecule is O=S(=O)(c1ccc2c(c1)CCCC2)N1CCN(c2ccc(-c3ccc(Cl)cc3)nn2)CC1. The molecule has 0 amide bonds. The van der Waals surface area contributed by atoms with Gasteiger partial charge in [-0.2, -0.15) is 4.31 Å². The summed E-state index contributed by atoms with van der Waals surface area (Å²) in [7, 11) is -3.49. The maximum atomic E-state index is 13.2. The first-order chi connectivity index (χ1) is 15.5. The molecule has 0 spiro atoms. The number of aryl methyl sites for hydroxylation is 2. The van der Waals surface area contributed by atoms with Gasteiger partial charge in [0.15, 0.2) is 5.82 Å². The molecule has 0 N–H and O–H groups in total. The molecule has 2 aromatic carbocycles. The summed E-state index contributed by atoms with van der Waals surface area (Å²) in [4.78, 5) is 2.50. The number of aromatic nitrogens is 2. The molecule has 0 saturated carbocycles. The summed E-state index contributed by atoms with van der Waals surface area (Å²) < 4.78 is 28.0. The van der Waals surface area contributed by atoms with Crippen molar-refractivity contribution < 1.29 is 8.42 Å². The molecular formula is C24H25ClN4O2S. The van der Waals surface area contributed by atoms with Crippen molar-refractivity contribution in [2.24, 2.45) is 0 Å². The molecule has 2 aliphatic rings. The smallest absolute Gasteiger partial charge is 0.243 e. The molecule has 5 rings (SSSR count). The molecule has 32 heavy (non-hydrogen) atoms. The van der Waals surface area contributed by atoms with E-state index in [2.05, 4.69) is 15.1 Å². The fourth-order valence-corrected chi connectivity index (χ4v) is 6.04. The van der Waals surface area contributed by atoms with Gasteiger partial charge in [-0.25, -0.2) is 8.42 Å². The minimum Gasteiger partial charge on any atom is -0.352 e. The van der Waals surface area contributed by atoms with Gasteiger partial charge in [0.2, 0.25) is 10.0 Å². The topological polar surface area (TPSA) is 66.4 Å². The van der Waals surface area contributed by atoms with Gasteiger partial charge < -0.3 is 4.90 Å². The van der Waals surface area contributed by atoms with Crippen LogP contribution in [0.1, 0.15) is 24.0 Å². The number of hydrogen-bond donors (Lipinski definition) is 0. The van der Waals surface area contributed by atoms with Crippen molar-refractivity contribution in [2.75, 3.05) is 31.1 Å². The summed E-state index contributed by atoms with van der Waals surface area (Å²) in [5.74, 6) is 0.758. The molecule has 1 fully saturated rings. The Morgan fingerprint density at radius 3 is 2.19 bits per heavy atom. The second kappa shape index (κ2) is 8.81. The third-order valence-electron chi connectivity index (χ3n) is 6.31. The van der Waals surface area contributed by atoms with Gasteiger partial charge in [-0.15, -0.1) is 10.2 Å². The number of benzene rings is 2. The Balaban J connectivity index is 1.26. The van der Waals surface area contributed by atoms with Crippen LogP contribution in [-0.2, 0) is 22.9 Å². The summed E-state index contributed by atoms with van der Waals surface area (Å²) in [5.41, 5.74) is 4.21. The van der Waals surface area contributed by atoms with E-state index in [0.29, 0.717) is 36.1 Å². The fourth-order valence-electron chi connectivity index (χ4n) is 4.45. The van der Waals surface area contributed by atoms with Crippen LogP contribution in [0.25, 0.3) is 11.3 Å². The van der Waals surface area contributed by atoms with E-state index >= 15 is 0 Å². The fraction of sp³-hybridized carbons (Fsp3) is 0.333. The number of piperazine rings is 1. The van der Waals surface area contributed by atoms with Crippen molar-refractivity contribution >= 4 is 27.4 Å². The van der Waals surface area contributed by atoms with Crippen molar-refractivity contribution in [1.29, 1.82) is 0 Å². The van der Waals surface area contributed by atoms with Crippen molar-refractivity contribution in [3.05, 3.63) is 70.7 Å².